The molecule has 1 unspecified atom stereocenters. The predicted octanol–water partition coefficient (Wildman–Crippen LogP) is 3.20. The van der Waals surface area contributed by atoms with E-state index in [0.29, 0.717) is 29.1 Å². The standard InChI is InChI=1S/C23H22FN3O/c1-26(2)19-9-11-22-25-21-15-17(7-6-16-4-3-5-18(24)14-16)8-10-20(21)23(28)27(22)13-12-19/h3-5,8,10,14-15,19H,9,11-13H2,1-2H3. The minimum atomic E-state index is -0.307. The molecule has 0 radical (unpaired) electrons. The molecule has 0 spiro atoms. The highest BCUT2D eigenvalue weighted by molar-refractivity contribution is 5.79. The van der Waals surface area contributed by atoms with Crippen LogP contribution in [0.5, 0.6) is 0 Å². The van der Waals surface area contributed by atoms with Gasteiger partial charge in [0.2, 0.25) is 0 Å². The second kappa shape index (κ2) is 7.57. The number of aryl methyl sites for hydroxylation is 1. The highest BCUT2D eigenvalue weighted by Gasteiger charge is 2.20. The predicted molar refractivity (Wildman–Crippen MR) is 109 cm³/mol. The maximum atomic E-state index is 13.3. The quantitative estimate of drug-likeness (QED) is 0.613. The summed E-state index contributed by atoms with van der Waals surface area (Å²) in [5.41, 5.74) is 2.06. The average molecular weight is 375 g/mol. The first-order chi connectivity index (χ1) is 13.5. The van der Waals surface area contributed by atoms with E-state index in [2.05, 4.69) is 30.8 Å². The van der Waals surface area contributed by atoms with Crippen molar-refractivity contribution in [2.75, 3.05) is 14.1 Å². The van der Waals surface area contributed by atoms with Crippen LogP contribution in [0, 0.1) is 17.7 Å². The van der Waals surface area contributed by atoms with Crippen molar-refractivity contribution in [3.05, 3.63) is 75.6 Å². The average Bonchev–Trinajstić information content (AvgIpc) is 2.89. The van der Waals surface area contributed by atoms with Gasteiger partial charge in [-0.05, 0) is 63.3 Å². The zero-order valence-corrected chi connectivity index (χ0v) is 16.1. The Morgan fingerprint density at radius 3 is 2.64 bits per heavy atom. The molecule has 1 atom stereocenters. The van der Waals surface area contributed by atoms with E-state index in [1.807, 2.05) is 16.7 Å². The van der Waals surface area contributed by atoms with E-state index in [4.69, 9.17) is 4.98 Å². The van der Waals surface area contributed by atoms with Crippen molar-refractivity contribution in [2.45, 2.75) is 31.8 Å². The summed E-state index contributed by atoms with van der Waals surface area (Å²) in [6.07, 6.45) is 2.72. The largest absolute Gasteiger partial charge is 0.306 e. The van der Waals surface area contributed by atoms with Crippen molar-refractivity contribution in [2.24, 2.45) is 0 Å². The zero-order valence-electron chi connectivity index (χ0n) is 16.1. The lowest BCUT2D eigenvalue weighted by Gasteiger charge is -2.21. The van der Waals surface area contributed by atoms with Crippen molar-refractivity contribution in [3.8, 4) is 11.8 Å². The summed E-state index contributed by atoms with van der Waals surface area (Å²) in [5, 5.41) is 0.614. The molecule has 0 N–H and O–H groups in total. The Bertz CT molecular complexity index is 1150. The molecule has 0 aliphatic carbocycles. The smallest absolute Gasteiger partial charge is 0.261 e. The summed E-state index contributed by atoms with van der Waals surface area (Å²) in [4.78, 5) is 20.0. The third-order valence-electron chi connectivity index (χ3n) is 5.33. The molecular weight excluding hydrogens is 353 g/mol. The van der Waals surface area contributed by atoms with Crippen LogP contribution in [0.15, 0.2) is 47.3 Å². The molecule has 142 valence electrons. The molecule has 1 aliphatic heterocycles. The van der Waals surface area contributed by atoms with Crippen LogP contribution >= 0.6 is 0 Å². The SMILES string of the molecule is CN(C)C1CCc2nc3cc(C#Cc4cccc(F)c4)ccc3c(=O)n2CC1. The Morgan fingerprint density at radius 2 is 1.89 bits per heavy atom. The Labute approximate surface area is 163 Å². The van der Waals surface area contributed by atoms with E-state index in [9.17, 15) is 9.18 Å². The Balaban J connectivity index is 1.71. The third kappa shape index (κ3) is 3.69. The van der Waals surface area contributed by atoms with Crippen molar-refractivity contribution >= 4 is 10.9 Å². The molecule has 1 aliphatic rings. The summed E-state index contributed by atoms with van der Waals surface area (Å²) in [7, 11) is 4.16. The molecule has 5 heteroatoms. The van der Waals surface area contributed by atoms with Gasteiger partial charge in [0.25, 0.3) is 5.56 Å². The van der Waals surface area contributed by atoms with Crippen LogP contribution in [0.1, 0.15) is 29.8 Å². The number of hydrogen-bond donors (Lipinski definition) is 0. The van der Waals surface area contributed by atoms with Crippen molar-refractivity contribution in [3.63, 3.8) is 0 Å². The summed E-state index contributed by atoms with van der Waals surface area (Å²) < 4.78 is 15.1. The Hall–Kier alpha value is -2.97. The topological polar surface area (TPSA) is 38.1 Å². The number of nitrogens with zero attached hydrogens (tertiary/aromatic N) is 3. The monoisotopic (exact) mass is 375 g/mol. The molecule has 0 amide bonds. The van der Waals surface area contributed by atoms with Gasteiger partial charge in [0.05, 0.1) is 10.9 Å². The van der Waals surface area contributed by atoms with Crippen LogP contribution in [-0.4, -0.2) is 34.6 Å². The normalized spacial score (nSPS) is 16.4. The highest BCUT2D eigenvalue weighted by atomic mass is 19.1. The first-order valence-electron chi connectivity index (χ1n) is 9.49. The van der Waals surface area contributed by atoms with E-state index in [-0.39, 0.29) is 11.4 Å². The molecule has 28 heavy (non-hydrogen) atoms. The minimum Gasteiger partial charge on any atom is -0.306 e. The van der Waals surface area contributed by atoms with E-state index in [1.165, 1.54) is 12.1 Å². The van der Waals surface area contributed by atoms with E-state index < -0.39 is 0 Å². The van der Waals surface area contributed by atoms with Crippen LogP contribution < -0.4 is 5.56 Å². The summed E-state index contributed by atoms with van der Waals surface area (Å²) >= 11 is 0. The van der Waals surface area contributed by atoms with Crippen LogP contribution in [0.4, 0.5) is 4.39 Å². The van der Waals surface area contributed by atoms with Gasteiger partial charge in [0.1, 0.15) is 11.6 Å². The molecule has 0 fully saturated rings. The van der Waals surface area contributed by atoms with Crippen LogP contribution in [0.2, 0.25) is 0 Å². The number of rotatable bonds is 1. The zero-order chi connectivity index (χ0) is 19.7. The number of fused-ring (bicyclic) bond motifs is 2. The fraction of sp³-hybridized carbons (Fsp3) is 0.304. The van der Waals surface area contributed by atoms with Gasteiger partial charge in [-0.1, -0.05) is 17.9 Å². The second-order valence-electron chi connectivity index (χ2n) is 7.42. The van der Waals surface area contributed by atoms with E-state index in [0.717, 1.165) is 30.7 Å². The fourth-order valence-corrected chi connectivity index (χ4v) is 3.71. The highest BCUT2D eigenvalue weighted by Crippen LogP contribution is 2.18. The minimum absolute atomic E-state index is 0.0176. The van der Waals surface area contributed by atoms with Crippen LogP contribution in [0.3, 0.4) is 0 Å². The molecule has 2 aromatic carbocycles. The lowest BCUT2D eigenvalue weighted by Crippen LogP contribution is -2.29. The molecule has 0 saturated carbocycles. The summed E-state index contributed by atoms with van der Waals surface area (Å²) in [6.45, 7) is 0.696. The molecule has 0 bridgehead atoms. The lowest BCUT2D eigenvalue weighted by atomic mass is 10.1. The molecule has 2 heterocycles. The van der Waals surface area contributed by atoms with Gasteiger partial charge in [-0.2, -0.15) is 0 Å². The first-order valence-corrected chi connectivity index (χ1v) is 9.49. The van der Waals surface area contributed by atoms with Gasteiger partial charge in [-0.25, -0.2) is 9.37 Å². The fourth-order valence-electron chi connectivity index (χ4n) is 3.71. The van der Waals surface area contributed by atoms with Gasteiger partial charge in [-0.3, -0.25) is 9.36 Å². The van der Waals surface area contributed by atoms with Gasteiger partial charge in [0, 0.05) is 30.1 Å². The molecular formula is C23H22FN3O. The molecule has 0 saturated heterocycles. The van der Waals surface area contributed by atoms with Crippen molar-refractivity contribution in [1.82, 2.24) is 14.5 Å². The van der Waals surface area contributed by atoms with Gasteiger partial charge >= 0.3 is 0 Å². The summed E-state index contributed by atoms with van der Waals surface area (Å²) in [5.74, 6) is 6.54. The van der Waals surface area contributed by atoms with Crippen LogP contribution in [-0.2, 0) is 13.0 Å². The number of benzene rings is 2. The maximum Gasteiger partial charge on any atom is 0.261 e. The molecule has 4 nitrogen and oxygen atoms in total. The van der Waals surface area contributed by atoms with Gasteiger partial charge in [-0.15, -0.1) is 0 Å². The van der Waals surface area contributed by atoms with Crippen molar-refractivity contribution in [1.29, 1.82) is 0 Å². The number of hydrogen-bond acceptors (Lipinski definition) is 3. The number of halogens is 1. The summed E-state index contributed by atoms with van der Waals surface area (Å²) in [6, 6.07) is 12.1. The molecule has 3 aromatic rings. The van der Waals surface area contributed by atoms with Gasteiger partial charge < -0.3 is 4.90 Å². The van der Waals surface area contributed by atoms with Crippen LogP contribution in [0.25, 0.3) is 10.9 Å². The number of aromatic nitrogens is 2. The lowest BCUT2D eigenvalue weighted by molar-refractivity contribution is 0.264. The third-order valence-corrected chi connectivity index (χ3v) is 5.33. The van der Waals surface area contributed by atoms with E-state index >= 15 is 0 Å². The molecule has 4 rings (SSSR count). The second-order valence-corrected chi connectivity index (χ2v) is 7.42. The van der Waals surface area contributed by atoms with E-state index in [1.54, 1.807) is 18.2 Å². The molecule has 1 aromatic heterocycles. The van der Waals surface area contributed by atoms with Crippen molar-refractivity contribution < 1.29 is 4.39 Å². The Kier molecular flexibility index (Phi) is 4.97. The van der Waals surface area contributed by atoms with Gasteiger partial charge in [0.15, 0.2) is 0 Å². The maximum absolute atomic E-state index is 13.3. The Morgan fingerprint density at radius 1 is 1.11 bits per heavy atom. The first kappa shape index (κ1) is 18.4.